The lowest BCUT2D eigenvalue weighted by molar-refractivity contribution is 0.221. The van der Waals surface area contributed by atoms with E-state index in [4.69, 9.17) is 27.9 Å². The molecule has 1 fully saturated rings. The van der Waals surface area contributed by atoms with Gasteiger partial charge in [0.25, 0.3) is 0 Å². The van der Waals surface area contributed by atoms with Crippen LogP contribution in [0.25, 0.3) is 0 Å². The van der Waals surface area contributed by atoms with E-state index < -0.39 is 15.9 Å². The standard InChI is InChI=1S/C12H14Cl2N2O4S/c13-8-1-2-11(10(14)5-8)20-7-15-12(17)16-9-3-4-21(18,19)6-9/h1-2,5,9H,3-4,6-7H2,(H2,15,16,17). The predicted molar refractivity (Wildman–Crippen MR) is 80.7 cm³/mol. The lowest BCUT2D eigenvalue weighted by atomic mass is 10.3. The van der Waals surface area contributed by atoms with Crippen LogP contribution in [-0.2, 0) is 9.84 Å². The van der Waals surface area contributed by atoms with E-state index in [9.17, 15) is 13.2 Å². The summed E-state index contributed by atoms with van der Waals surface area (Å²) in [4.78, 5) is 11.6. The maximum Gasteiger partial charge on any atom is 0.317 e. The van der Waals surface area contributed by atoms with Gasteiger partial charge in [0.15, 0.2) is 16.6 Å². The van der Waals surface area contributed by atoms with E-state index in [0.29, 0.717) is 22.2 Å². The molecule has 2 rings (SSSR count). The maximum atomic E-state index is 11.6. The van der Waals surface area contributed by atoms with Gasteiger partial charge in [-0.1, -0.05) is 23.2 Å². The molecule has 1 aliphatic rings. The topological polar surface area (TPSA) is 84.5 Å². The molecule has 0 radical (unpaired) electrons. The largest absolute Gasteiger partial charge is 0.472 e. The Morgan fingerprint density at radius 2 is 2.14 bits per heavy atom. The smallest absolute Gasteiger partial charge is 0.317 e. The van der Waals surface area contributed by atoms with Crippen molar-refractivity contribution >= 4 is 39.1 Å². The van der Waals surface area contributed by atoms with Gasteiger partial charge in [0, 0.05) is 11.1 Å². The van der Waals surface area contributed by atoms with Gasteiger partial charge >= 0.3 is 6.03 Å². The number of halogens is 2. The molecule has 1 unspecified atom stereocenters. The fraction of sp³-hybridized carbons (Fsp3) is 0.417. The Hall–Kier alpha value is -1.18. The van der Waals surface area contributed by atoms with Gasteiger partial charge in [0.05, 0.1) is 16.5 Å². The molecule has 0 bridgehead atoms. The zero-order valence-electron chi connectivity index (χ0n) is 10.9. The van der Waals surface area contributed by atoms with E-state index in [1.807, 2.05) is 0 Å². The molecule has 0 aromatic heterocycles. The first-order chi connectivity index (χ1) is 9.85. The number of benzene rings is 1. The number of carbonyl (C=O) groups is 1. The van der Waals surface area contributed by atoms with E-state index in [-0.39, 0.29) is 24.3 Å². The Bertz CT molecular complexity index is 636. The molecule has 9 heteroatoms. The van der Waals surface area contributed by atoms with Crippen molar-refractivity contribution in [2.75, 3.05) is 18.2 Å². The second-order valence-corrected chi connectivity index (χ2v) is 7.69. The van der Waals surface area contributed by atoms with Crippen molar-refractivity contribution in [2.45, 2.75) is 12.5 Å². The monoisotopic (exact) mass is 352 g/mol. The average Bonchev–Trinajstić information content (AvgIpc) is 2.71. The Morgan fingerprint density at radius 3 is 2.76 bits per heavy atom. The van der Waals surface area contributed by atoms with Crippen molar-refractivity contribution < 1.29 is 17.9 Å². The van der Waals surface area contributed by atoms with Gasteiger partial charge in [-0.25, -0.2) is 13.2 Å². The van der Waals surface area contributed by atoms with Crippen molar-refractivity contribution in [3.8, 4) is 5.75 Å². The first-order valence-electron chi connectivity index (χ1n) is 6.18. The summed E-state index contributed by atoms with van der Waals surface area (Å²) in [6, 6.07) is 3.90. The quantitative estimate of drug-likeness (QED) is 0.809. The second-order valence-electron chi connectivity index (χ2n) is 4.61. The molecular formula is C12H14Cl2N2O4S. The van der Waals surface area contributed by atoms with Crippen LogP contribution in [-0.4, -0.2) is 38.7 Å². The van der Waals surface area contributed by atoms with Gasteiger partial charge in [0.1, 0.15) is 5.75 Å². The summed E-state index contributed by atoms with van der Waals surface area (Å²) in [5, 5.41) is 5.88. The van der Waals surface area contributed by atoms with Crippen LogP contribution in [0.4, 0.5) is 4.79 Å². The predicted octanol–water partition coefficient (Wildman–Crippen LogP) is 1.82. The Morgan fingerprint density at radius 1 is 1.38 bits per heavy atom. The lowest BCUT2D eigenvalue weighted by Crippen LogP contribution is -2.43. The number of sulfone groups is 1. The van der Waals surface area contributed by atoms with E-state index in [2.05, 4.69) is 10.6 Å². The third-order valence-corrected chi connectivity index (χ3v) is 5.22. The zero-order chi connectivity index (χ0) is 15.5. The normalized spacial score (nSPS) is 20.0. The minimum atomic E-state index is -3.02. The van der Waals surface area contributed by atoms with Crippen molar-refractivity contribution in [1.29, 1.82) is 0 Å². The molecule has 0 spiro atoms. The molecule has 0 aliphatic carbocycles. The Balaban J connectivity index is 1.74. The van der Waals surface area contributed by atoms with E-state index in [0.717, 1.165) is 0 Å². The molecule has 116 valence electrons. The summed E-state index contributed by atoms with van der Waals surface area (Å²) in [5.41, 5.74) is 0. The van der Waals surface area contributed by atoms with Crippen LogP contribution in [0.15, 0.2) is 18.2 Å². The Kier molecular flexibility index (Phi) is 5.18. The van der Waals surface area contributed by atoms with E-state index >= 15 is 0 Å². The molecule has 1 aromatic carbocycles. The number of nitrogens with one attached hydrogen (secondary N) is 2. The van der Waals surface area contributed by atoms with Crippen molar-refractivity contribution in [2.24, 2.45) is 0 Å². The van der Waals surface area contributed by atoms with Gasteiger partial charge in [-0.05, 0) is 24.6 Å². The molecule has 6 nitrogen and oxygen atoms in total. The fourth-order valence-corrected chi connectivity index (χ4v) is 4.05. The molecule has 2 N–H and O–H groups in total. The van der Waals surface area contributed by atoms with Gasteiger partial charge in [-0.15, -0.1) is 0 Å². The van der Waals surface area contributed by atoms with Crippen LogP contribution in [0.5, 0.6) is 5.75 Å². The van der Waals surface area contributed by atoms with Crippen molar-refractivity contribution in [1.82, 2.24) is 10.6 Å². The van der Waals surface area contributed by atoms with Crippen LogP contribution < -0.4 is 15.4 Å². The first-order valence-corrected chi connectivity index (χ1v) is 8.76. The summed E-state index contributed by atoms with van der Waals surface area (Å²) >= 11 is 11.7. The number of hydrogen-bond donors (Lipinski definition) is 2. The molecule has 0 saturated carbocycles. The second kappa shape index (κ2) is 6.72. The third-order valence-electron chi connectivity index (χ3n) is 2.92. The highest BCUT2D eigenvalue weighted by Crippen LogP contribution is 2.27. The van der Waals surface area contributed by atoms with Crippen LogP contribution in [0.2, 0.25) is 10.0 Å². The molecule has 1 heterocycles. The molecule has 1 atom stereocenters. The molecule has 21 heavy (non-hydrogen) atoms. The number of rotatable bonds is 4. The molecule has 2 amide bonds. The average molecular weight is 353 g/mol. The van der Waals surface area contributed by atoms with E-state index in [1.54, 1.807) is 12.1 Å². The summed E-state index contributed by atoms with van der Waals surface area (Å²) in [6.07, 6.45) is 0.430. The van der Waals surface area contributed by atoms with Gasteiger partial charge in [-0.2, -0.15) is 0 Å². The molecule has 1 saturated heterocycles. The summed E-state index contributed by atoms with van der Waals surface area (Å²) in [6.45, 7) is -0.0906. The van der Waals surface area contributed by atoms with Crippen LogP contribution >= 0.6 is 23.2 Å². The highest BCUT2D eigenvalue weighted by Gasteiger charge is 2.28. The SMILES string of the molecule is O=C(NCOc1ccc(Cl)cc1Cl)NC1CCS(=O)(=O)C1. The van der Waals surface area contributed by atoms with Crippen molar-refractivity contribution in [3.63, 3.8) is 0 Å². The third kappa shape index (κ3) is 4.94. The van der Waals surface area contributed by atoms with Gasteiger partial charge in [-0.3, -0.25) is 0 Å². The number of amides is 2. The fourth-order valence-electron chi connectivity index (χ4n) is 1.92. The zero-order valence-corrected chi connectivity index (χ0v) is 13.3. The molecule has 1 aliphatic heterocycles. The van der Waals surface area contributed by atoms with Crippen LogP contribution in [0.3, 0.4) is 0 Å². The number of carbonyl (C=O) groups excluding carboxylic acids is 1. The summed E-state index contributed by atoms with van der Waals surface area (Å²) in [5.74, 6) is 0.476. The number of urea groups is 1. The van der Waals surface area contributed by atoms with Gasteiger partial charge < -0.3 is 15.4 Å². The highest BCUT2D eigenvalue weighted by atomic mass is 35.5. The number of hydrogen-bond acceptors (Lipinski definition) is 4. The first kappa shape index (κ1) is 16.2. The summed E-state index contributed by atoms with van der Waals surface area (Å²) < 4.78 is 27.8. The lowest BCUT2D eigenvalue weighted by Gasteiger charge is -2.13. The molecular weight excluding hydrogens is 339 g/mol. The van der Waals surface area contributed by atoms with Crippen molar-refractivity contribution in [3.05, 3.63) is 28.2 Å². The number of ether oxygens (including phenoxy) is 1. The Labute approximate surface area is 132 Å². The minimum absolute atomic E-state index is 0.0235. The maximum absolute atomic E-state index is 11.6. The molecule has 1 aromatic rings. The highest BCUT2D eigenvalue weighted by molar-refractivity contribution is 7.91. The van der Waals surface area contributed by atoms with Gasteiger partial charge in [0.2, 0.25) is 0 Å². The van der Waals surface area contributed by atoms with E-state index in [1.165, 1.54) is 6.07 Å². The van der Waals surface area contributed by atoms with Crippen LogP contribution in [0.1, 0.15) is 6.42 Å². The minimum Gasteiger partial charge on any atom is -0.472 e. The summed E-state index contributed by atoms with van der Waals surface area (Å²) in [7, 11) is -3.02. The van der Waals surface area contributed by atoms with Crippen LogP contribution in [0, 0.1) is 0 Å².